The van der Waals surface area contributed by atoms with Crippen LogP contribution in [-0.2, 0) is 0 Å². The number of aromatic amines is 2. The van der Waals surface area contributed by atoms with Gasteiger partial charge in [-0.1, -0.05) is 18.2 Å². The largest absolute Gasteiger partial charge is 0.366 e. The number of piperidine rings is 1. The highest BCUT2D eigenvalue weighted by Crippen LogP contribution is 2.39. The molecule has 0 unspecified atom stereocenters. The molecule has 0 spiro atoms. The maximum absolute atomic E-state index is 12.0. The van der Waals surface area contributed by atoms with Gasteiger partial charge in [0.05, 0.1) is 22.2 Å². The molecule has 30 heavy (non-hydrogen) atoms. The third-order valence-corrected chi connectivity index (χ3v) is 6.12. The summed E-state index contributed by atoms with van der Waals surface area (Å²) in [5, 5.41) is 13.2. The maximum atomic E-state index is 12.0. The molecule has 8 heteroatoms. The van der Waals surface area contributed by atoms with Gasteiger partial charge in [0, 0.05) is 35.8 Å². The molecule has 4 aromatic rings. The summed E-state index contributed by atoms with van der Waals surface area (Å²) in [5.41, 5.74) is 4.26. The van der Waals surface area contributed by atoms with Gasteiger partial charge in [-0.15, -0.1) is 0 Å². The predicted molar refractivity (Wildman–Crippen MR) is 116 cm³/mol. The first-order valence-corrected chi connectivity index (χ1v) is 10.0. The first-order chi connectivity index (χ1) is 14.5. The van der Waals surface area contributed by atoms with Crippen molar-refractivity contribution >= 4 is 33.2 Å². The minimum atomic E-state index is -0.420. The molecule has 3 heterocycles. The van der Waals surface area contributed by atoms with E-state index in [2.05, 4.69) is 40.1 Å². The topological polar surface area (TPSA) is 108 Å². The van der Waals surface area contributed by atoms with Crippen LogP contribution < -0.4 is 10.5 Å². The lowest BCUT2D eigenvalue weighted by Gasteiger charge is -2.33. The van der Waals surface area contributed by atoms with Gasteiger partial charge in [-0.25, -0.2) is 4.98 Å². The van der Waals surface area contributed by atoms with Gasteiger partial charge >= 0.3 is 0 Å². The number of benzene rings is 2. The molecule has 0 amide bonds. The Labute approximate surface area is 171 Å². The molecular formula is C22H21N5O3. The number of H-pyrrole nitrogens is 2. The van der Waals surface area contributed by atoms with Crippen molar-refractivity contribution in [1.29, 1.82) is 0 Å². The zero-order valence-corrected chi connectivity index (χ0v) is 16.5. The molecule has 5 rings (SSSR count). The lowest BCUT2D eigenvalue weighted by molar-refractivity contribution is -0.384. The van der Waals surface area contributed by atoms with Crippen molar-refractivity contribution < 1.29 is 4.92 Å². The summed E-state index contributed by atoms with van der Waals surface area (Å²) in [5.74, 6) is 0.401. The number of aryl methyl sites for hydroxylation is 1. The van der Waals surface area contributed by atoms with Crippen LogP contribution in [0.2, 0.25) is 0 Å². The minimum Gasteiger partial charge on any atom is -0.366 e. The lowest BCUT2D eigenvalue weighted by Crippen LogP contribution is -2.33. The van der Waals surface area contributed by atoms with Gasteiger partial charge < -0.3 is 14.9 Å². The van der Waals surface area contributed by atoms with Crippen LogP contribution in [0.3, 0.4) is 0 Å². The van der Waals surface area contributed by atoms with Gasteiger partial charge in [-0.05, 0) is 43.4 Å². The Bertz CT molecular complexity index is 1330. The van der Waals surface area contributed by atoms with E-state index in [1.54, 1.807) is 6.07 Å². The molecule has 0 atom stereocenters. The van der Waals surface area contributed by atoms with Crippen LogP contribution >= 0.6 is 0 Å². The Morgan fingerprint density at radius 2 is 1.93 bits per heavy atom. The second-order valence-electron chi connectivity index (χ2n) is 7.82. The molecule has 0 saturated carbocycles. The fourth-order valence-corrected chi connectivity index (χ4v) is 4.73. The summed E-state index contributed by atoms with van der Waals surface area (Å²) in [6, 6.07) is 11.3. The van der Waals surface area contributed by atoms with E-state index in [9.17, 15) is 14.9 Å². The van der Waals surface area contributed by atoms with Gasteiger partial charge in [-0.3, -0.25) is 14.9 Å². The Balaban J connectivity index is 1.47. The number of nitrogens with one attached hydrogen (secondary N) is 2. The average Bonchev–Trinajstić information content (AvgIpc) is 3.09. The fourth-order valence-electron chi connectivity index (χ4n) is 4.73. The molecule has 1 fully saturated rings. The van der Waals surface area contributed by atoms with Crippen LogP contribution in [0.25, 0.3) is 21.8 Å². The molecule has 8 nitrogen and oxygen atoms in total. The van der Waals surface area contributed by atoms with Crippen LogP contribution in [-0.4, -0.2) is 33.0 Å². The van der Waals surface area contributed by atoms with E-state index in [-0.39, 0.29) is 16.6 Å². The van der Waals surface area contributed by atoms with Gasteiger partial charge in [0.2, 0.25) is 0 Å². The number of hydrogen-bond acceptors (Lipinski definition) is 5. The van der Waals surface area contributed by atoms with E-state index in [1.165, 1.54) is 29.0 Å². The molecule has 2 aromatic carbocycles. The molecule has 2 N–H and O–H groups in total. The quantitative estimate of drug-likeness (QED) is 0.397. The second kappa shape index (κ2) is 6.98. The molecule has 1 aliphatic rings. The molecule has 0 aliphatic carbocycles. The Morgan fingerprint density at radius 1 is 1.17 bits per heavy atom. The summed E-state index contributed by atoms with van der Waals surface area (Å²) in [6.07, 6.45) is 3.13. The summed E-state index contributed by atoms with van der Waals surface area (Å²) in [4.78, 5) is 35.5. The number of rotatable bonds is 3. The molecular weight excluding hydrogens is 382 g/mol. The first-order valence-electron chi connectivity index (χ1n) is 10.0. The van der Waals surface area contributed by atoms with Crippen LogP contribution in [0.15, 0.2) is 47.5 Å². The number of nitro groups is 1. The summed E-state index contributed by atoms with van der Waals surface area (Å²) < 4.78 is 0. The normalized spacial score (nSPS) is 15.2. The highest BCUT2D eigenvalue weighted by atomic mass is 16.6. The highest BCUT2D eigenvalue weighted by molar-refractivity contribution is 5.87. The number of anilines is 1. The Morgan fingerprint density at radius 3 is 2.70 bits per heavy atom. The second-order valence-corrected chi connectivity index (χ2v) is 7.82. The SMILES string of the molecule is Cc1[nH]c2ccccc2c1C1CCN(c2cc3nc[nH]c(=O)c3cc2[N+](=O)[O-])CC1. The number of fused-ring (bicyclic) bond motifs is 2. The molecule has 1 saturated heterocycles. The Hall–Kier alpha value is -3.68. The molecule has 0 bridgehead atoms. The van der Waals surface area contributed by atoms with Gasteiger partial charge in [-0.2, -0.15) is 0 Å². The van der Waals surface area contributed by atoms with E-state index >= 15 is 0 Å². The summed E-state index contributed by atoms with van der Waals surface area (Å²) in [7, 11) is 0. The standard InChI is InChI=1S/C22H21N5O3/c1-13-21(15-4-2-3-5-17(15)25-13)14-6-8-26(9-7-14)19-11-18-16(10-20(19)27(29)30)22(28)24-12-23-18/h2-5,10-12,14,25H,6-9H2,1H3,(H,23,24,28). The number of para-hydroxylation sites is 1. The van der Waals surface area contributed by atoms with E-state index < -0.39 is 4.92 Å². The first kappa shape index (κ1) is 18.4. The predicted octanol–water partition coefficient (Wildman–Crippen LogP) is 4.01. The van der Waals surface area contributed by atoms with E-state index in [0.717, 1.165) is 18.4 Å². The van der Waals surface area contributed by atoms with Gasteiger partial charge in [0.1, 0.15) is 5.69 Å². The number of nitrogens with zero attached hydrogens (tertiary/aromatic N) is 3. The van der Waals surface area contributed by atoms with Crippen molar-refractivity contribution in [2.75, 3.05) is 18.0 Å². The molecule has 1 aliphatic heterocycles. The third kappa shape index (κ3) is 2.92. The number of hydrogen-bond donors (Lipinski definition) is 2. The molecule has 2 aromatic heterocycles. The van der Waals surface area contributed by atoms with Crippen molar-refractivity contribution in [3.8, 4) is 0 Å². The summed E-state index contributed by atoms with van der Waals surface area (Å²) in [6.45, 7) is 3.53. The van der Waals surface area contributed by atoms with Crippen molar-refractivity contribution in [2.24, 2.45) is 0 Å². The van der Waals surface area contributed by atoms with Gasteiger partial charge in [0.15, 0.2) is 0 Å². The van der Waals surface area contributed by atoms with E-state index in [4.69, 9.17) is 0 Å². The zero-order chi connectivity index (χ0) is 20.8. The van der Waals surface area contributed by atoms with E-state index in [1.807, 2.05) is 11.0 Å². The maximum Gasteiger partial charge on any atom is 0.293 e. The smallest absolute Gasteiger partial charge is 0.293 e. The highest BCUT2D eigenvalue weighted by Gasteiger charge is 2.28. The van der Waals surface area contributed by atoms with Crippen LogP contribution in [0.5, 0.6) is 0 Å². The number of nitro benzene ring substituents is 1. The van der Waals surface area contributed by atoms with Gasteiger partial charge in [0.25, 0.3) is 11.2 Å². The number of aromatic nitrogens is 3. The van der Waals surface area contributed by atoms with Crippen molar-refractivity contribution in [3.63, 3.8) is 0 Å². The van der Waals surface area contributed by atoms with Crippen LogP contribution in [0.1, 0.15) is 30.0 Å². The summed E-state index contributed by atoms with van der Waals surface area (Å²) >= 11 is 0. The minimum absolute atomic E-state index is 0.0530. The molecule has 152 valence electrons. The van der Waals surface area contributed by atoms with Crippen molar-refractivity contribution in [1.82, 2.24) is 15.0 Å². The average molecular weight is 403 g/mol. The van der Waals surface area contributed by atoms with Crippen LogP contribution in [0, 0.1) is 17.0 Å². The lowest BCUT2D eigenvalue weighted by atomic mass is 9.87. The fraction of sp³-hybridized carbons (Fsp3) is 0.273. The molecule has 0 radical (unpaired) electrons. The van der Waals surface area contributed by atoms with Crippen molar-refractivity contribution in [2.45, 2.75) is 25.7 Å². The monoisotopic (exact) mass is 403 g/mol. The van der Waals surface area contributed by atoms with Crippen LogP contribution in [0.4, 0.5) is 11.4 Å². The Kier molecular flexibility index (Phi) is 4.27. The van der Waals surface area contributed by atoms with Crippen molar-refractivity contribution in [3.05, 3.63) is 74.5 Å². The zero-order valence-electron chi connectivity index (χ0n) is 16.5. The third-order valence-electron chi connectivity index (χ3n) is 6.12. The van der Waals surface area contributed by atoms with E-state index in [0.29, 0.717) is 30.2 Å².